The number of carbonyl (C=O) groups is 2. The van der Waals surface area contributed by atoms with Crippen LogP contribution < -0.4 is 5.32 Å². The van der Waals surface area contributed by atoms with E-state index in [1.807, 2.05) is 0 Å². The highest BCUT2D eigenvalue weighted by Crippen LogP contribution is 2.22. The molecular weight excluding hydrogens is 190 g/mol. The average molecular weight is 205 g/mol. The van der Waals surface area contributed by atoms with Crippen LogP contribution in [0.2, 0.25) is 0 Å². The number of carboxylic acid groups (broad SMARTS) is 2. The molecule has 0 spiro atoms. The van der Waals surface area contributed by atoms with Crippen molar-refractivity contribution in [3.8, 4) is 0 Å². The van der Waals surface area contributed by atoms with Gasteiger partial charge in [0.2, 0.25) is 0 Å². The molecular formula is C8H15NO5. The van der Waals surface area contributed by atoms with Crippen LogP contribution in [0.1, 0.15) is 13.3 Å². The quantitative estimate of drug-likeness (QED) is 0.415. The van der Waals surface area contributed by atoms with Crippen molar-refractivity contribution >= 4 is 11.9 Å². The van der Waals surface area contributed by atoms with Gasteiger partial charge in [-0.2, -0.15) is 0 Å². The van der Waals surface area contributed by atoms with Crippen molar-refractivity contribution in [1.29, 1.82) is 0 Å². The molecule has 0 aromatic rings. The molecule has 1 aliphatic rings. The first-order valence-corrected chi connectivity index (χ1v) is 4.19. The monoisotopic (exact) mass is 205 g/mol. The Morgan fingerprint density at radius 1 is 1.36 bits per heavy atom. The Labute approximate surface area is 81.5 Å². The Morgan fingerprint density at radius 3 is 2.00 bits per heavy atom. The predicted octanol–water partition coefficient (Wildman–Crippen LogP) is -0.866. The molecule has 6 nitrogen and oxygen atoms in total. The summed E-state index contributed by atoms with van der Waals surface area (Å²) in [5.41, 5.74) is 0.181. The van der Waals surface area contributed by atoms with Crippen molar-refractivity contribution in [3.05, 3.63) is 0 Å². The van der Waals surface area contributed by atoms with Crippen molar-refractivity contribution in [2.24, 2.45) is 5.41 Å². The first kappa shape index (κ1) is 12.9. The van der Waals surface area contributed by atoms with Gasteiger partial charge in [0.05, 0.1) is 0 Å². The van der Waals surface area contributed by atoms with Gasteiger partial charge in [-0.1, -0.05) is 6.92 Å². The second-order valence-corrected chi connectivity index (χ2v) is 3.51. The highest BCUT2D eigenvalue weighted by Gasteiger charge is 2.26. The minimum Gasteiger partial charge on any atom is -0.473 e. The number of rotatable bonds is 1. The van der Waals surface area contributed by atoms with Crippen molar-refractivity contribution < 1.29 is 24.9 Å². The fourth-order valence-corrected chi connectivity index (χ4v) is 1.00. The summed E-state index contributed by atoms with van der Waals surface area (Å²) >= 11 is 0. The van der Waals surface area contributed by atoms with Crippen LogP contribution in [0.5, 0.6) is 0 Å². The summed E-state index contributed by atoms with van der Waals surface area (Å²) in [6.45, 7) is 4.47. The van der Waals surface area contributed by atoms with Gasteiger partial charge in [-0.05, 0) is 13.0 Å². The van der Waals surface area contributed by atoms with Crippen molar-refractivity contribution in [3.63, 3.8) is 0 Å². The zero-order valence-electron chi connectivity index (χ0n) is 7.99. The largest absolute Gasteiger partial charge is 0.473 e. The molecule has 0 aromatic heterocycles. The number of aliphatic hydroxyl groups excluding tert-OH is 1. The lowest BCUT2D eigenvalue weighted by atomic mass is 9.91. The zero-order valence-corrected chi connectivity index (χ0v) is 7.99. The lowest BCUT2D eigenvalue weighted by Crippen LogP contribution is -2.23. The number of hydrogen-bond acceptors (Lipinski definition) is 4. The molecule has 82 valence electrons. The Kier molecular flexibility index (Phi) is 5.11. The SMILES string of the molecule is CC1(CO)CCNC1.O=C(O)C(=O)O. The Hall–Kier alpha value is -1.14. The average Bonchev–Trinajstić information content (AvgIpc) is 2.54. The van der Waals surface area contributed by atoms with E-state index < -0.39 is 11.9 Å². The van der Waals surface area contributed by atoms with Gasteiger partial charge in [0.15, 0.2) is 0 Å². The van der Waals surface area contributed by atoms with Gasteiger partial charge in [-0.25, -0.2) is 9.59 Å². The van der Waals surface area contributed by atoms with Crippen molar-refractivity contribution in [1.82, 2.24) is 5.32 Å². The smallest absolute Gasteiger partial charge is 0.414 e. The second-order valence-electron chi connectivity index (χ2n) is 3.51. The molecule has 4 N–H and O–H groups in total. The normalized spacial score (nSPS) is 25.0. The molecule has 1 atom stereocenters. The van der Waals surface area contributed by atoms with Crippen molar-refractivity contribution in [2.75, 3.05) is 19.7 Å². The van der Waals surface area contributed by atoms with Crippen LogP contribution in [0.4, 0.5) is 0 Å². The van der Waals surface area contributed by atoms with E-state index in [1.54, 1.807) is 0 Å². The fraction of sp³-hybridized carbons (Fsp3) is 0.750. The van der Waals surface area contributed by atoms with Crippen LogP contribution in [0, 0.1) is 5.41 Å². The highest BCUT2D eigenvalue weighted by atomic mass is 16.4. The van der Waals surface area contributed by atoms with Crippen molar-refractivity contribution in [2.45, 2.75) is 13.3 Å². The van der Waals surface area contributed by atoms with E-state index >= 15 is 0 Å². The number of nitrogens with one attached hydrogen (secondary N) is 1. The predicted molar refractivity (Wildman–Crippen MR) is 48.0 cm³/mol. The Balaban J connectivity index is 0.000000255. The third-order valence-corrected chi connectivity index (χ3v) is 2.02. The topological polar surface area (TPSA) is 107 Å². The highest BCUT2D eigenvalue weighted by molar-refractivity contribution is 6.27. The van der Waals surface area contributed by atoms with E-state index in [2.05, 4.69) is 12.2 Å². The van der Waals surface area contributed by atoms with E-state index in [9.17, 15) is 0 Å². The molecule has 6 heteroatoms. The number of carboxylic acids is 2. The minimum atomic E-state index is -1.82. The summed E-state index contributed by atoms with van der Waals surface area (Å²) in [6, 6.07) is 0. The van der Waals surface area contributed by atoms with Crippen LogP contribution in [0.3, 0.4) is 0 Å². The summed E-state index contributed by atoms with van der Waals surface area (Å²) in [4.78, 5) is 18.2. The standard InChI is InChI=1S/C6H13NO.C2H2O4/c1-6(5-8)2-3-7-4-6;3-1(4)2(5)6/h7-8H,2-5H2,1H3;(H,3,4)(H,5,6). The van der Waals surface area contributed by atoms with E-state index in [0.717, 1.165) is 19.5 Å². The molecule has 0 saturated carbocycles. The first-order chi connectivity index (χ1) is 6.41. The number of hydrogen-bond donors (Lipinski definition) is 4. The molecule has 0 aliphatic carbocycles. The van der Waals surface area contributed by atoms with Gasteiger partial charge in [0.1, 0.15) is 0 Å². The summed E-state index contributed by atoms with van der Waals surface area (Å²) in [5.74, 6) is -3.65. The summed E-state index contributed by atoms with van der Waals surface area (Å²) in [7, 11) is 0. The van der Waals surface area contributed by atoms with Gasteiger partial charge in [-0.15, -0.1) is 0 Å². The number of aliphatic carboxylic acids is 2. The minimum absolute atomic E-state index is 0.181. The van der Waals surface area contributed by atoms with Crippen LogP contribution in [0.25, 0.3) is 0 Å². The maximum Gasteiger partial charge on any atom is 0.414 e. The second kappa shape index (κ2) is 5.56. The van der Waals surface area contributed by atoms with E-state index in [-0.39, 0.29) is 5.41 Å². The molecule has 1 aliphatic heterocycles. The molecule has 1 fully saturated rings. The van der Waals surface area contributed by atoms with E-state index in [4.69, 9.17) is 24.9 Å². The van der Waals surface area contributed by atoms with Crippen LogP contribution in [0.15, 0.2) is 0 Å². The Bertz CT molecular complexity index is 198. The van der Waals surface area contributed by atoms with Crippen LogP contribution in [-0.4, -0.2) is 47.0 Å². The maximum absolute atomic E-state index is 9.10. The molecule has 1 saturated heterocycles. The van der Waals surface area contributed by atoms with E-state index in [0.29, 0.717) is 6.61 Å². The molecule has 0 aromatic carbocycles. The van der Waals surface area contributed by atoms with Crippen LogP contribution >= 0.6 is 0 Å². The Morgan fingerprint density at radius 2 is 1.86 bits per heavy atom. The van der Waals surface area contributed by atoms with Gasteiger partial charge in [0, 0.05) is 18.6 Å². The molecule has 0 bridgehead atoms. The van der Waals surface area contributed by atoms with Gasteiger partial charge < -0.3 is 20.6 Å². The number of aliphatic hydroxyl groups is 1. The molecule has 14 heavy (non-hydrogen) atoms. The third kappa shape index (κ3) is 4.78. The molecule has 0 amide bonds. The fourth-order valence-electron chi connectivity index (χ4n) is 1.00. The maximum atomic E-state index is 9.10. The lowest BCUT2D eigenvalue weighted by Gasteiger charge is -2.17. The van der Waals surface area contributed by atoms with E-state index in [1.165, 1.54) is 0 Å². The molecule has 1 heterocycles. The molecule has 1 rings (SSSR count). The van der Waals surface area contributed by atoms with Crippen LogP contribution in [-0.2, 0) is 9.59 Å². The summed E-state index contributed by atoms with van der Waals surface area (Å²) in [6.07, 6.45) is 1.11. The van der Waals surface area contributed by atoms with Gasteiger partial charge in [0.25, 0.3) is 0 Å². The first-order valence-electron chi connectivity index (χ1n) is 4.19. The summed E-state index contributed by atoms with van der Waals surface area (Å²) < 4.78 is 0. The lowest BCUT2D eigenvalue weighted by molar-refractivity contribution is -0.159. The van der Waals surface area contributed by atoms with Gasteiger partial charge >= 0.3 is 11.9 Å². The van der Waals surface area contributed by atoms with Gasteiger partial charge in [-0.3, -0.25) is 0 Å². The zero-order chi connectivity index (χ0) is 11.2. The molecule has 1 unspecified atom stereocenters. The third-order valence-electron chi connectivity index (χ3n) is 2.02. The molecule has 0 radical (unpaired) electrons. The summed E-state index contributed by atoms with van der Waals surface area (Å²) in [5, 5.41) is 26.8.